The molecule has 0 aromatic heterocycles. The molecule has 142 valence electrons. The second-order valence-corrected chi connectivity index (χ2v) is 5.65. The largest absolute Gasteiger partial charge is 0.481 e. The Hall–Kier alpha value is -1.97. The first-order valence-corrected chi connectivity index (χ1v) is 7.11. The summed E-state index contributed by atoms with van der Waals surface area (Å²) in [5, 5.41) is 8.82. The first kappa shape index (κ1) is 21.1. The van der Waals surface area contributed by atoms with Crippen molar-refractivity contribution in [3.8, 4) is 5.75 Å². The number of benzene rings is 1. The average Bonchev–Trinajstić information content (AvgIpc) is 2.47. The smallest absolute Gasteiger partial charge is 0.439 e. The third-order valence-electron chi connectivity index (χ3n) is 3.22. The van der Waals surface area contributed by atoms with Gasteiger partial charge in [0.05, 0.1) is 5.92 Å². The molecule has 1 N–H and O–H groups in total. The van der Waals surface area contributed by atoms with E-state index in [0.717, 1.165) is 12.1 Å². The van der Waals surface area contributed by atoms with Crippen LogP contribution in [-0.4, -0.2) is 48.0 Å². The molecule has 1 aromatic carbocycles. The fraction of sp³-hybridized carbons (Fsp3) is 0.533. The van der Waals surface area contributed by atoms with Crippen molar-refractivity contribution in [2.75, 3.05) is 13.6 Å². The number of nitrogens with zero attached hydrogens (tertiary/aromatic N) is 1. The average molecular weight is 373 g/mol. The van der Waals surface area contributed by atoms with E-state index in [1.807, 2.05) is 0 Å². The summed E-state index contributed by atoms with van der Waals surface area (Å²) in [5.74, 6) is -2.21. The summed E-state index contributed by atoms with van der Waals surface area (Å²) in [5.41, 5.74) is 0.586. The van der Waals surface area contributed by atoms with Crippen LogP contribution in [0, 0.1) is 5.92 Å². The van der Waals surface area contributed by atoms with Crippen LogP contribution >= 0.6 is 0 Å². The topological polar surface area (TPSA) is 49.8 Å². The summed E-state index contributed by atoms with van der Waals surface area (Å²) >= 11 is 0. The van der Waals surface area contributed by atoms with Crippen LogP contribution in [0.3, 0.4) is 0 Å². The van der Waals surface area contributed by atoms with Crippen molar-refractivity contribution in [1.82, 2.24) is 4.90 Å². The van der Waals surface area contributed by atoms with Gasteiger partial charge in [-0.25, -0.2) is 4.39 Å². The van der Waals surface area contributed by atoms with Crippen LogP contribution in [0.1, 0.15) is 12.5 Å². The molecule has 0 fully saturated rings. The Kier molecular flexibility index (Phi) is 6.69. The Bertz CT molecular complexity index is 576. The van der Waals surface area contributed by atoms with Gasteiger partial charge in [-0.15, -0.1) is 0 Å². The molecule has 1 rings (SSSR count). The molecular formula is C15H17F6NO3. The van der Waals surface area contributed by atoms with Gasteiger partial charge in [-0.05, 0) is 24.7 Å². The number of hydrogen-bond acceptors (Lipinski definition) is 3. The van der Waals surface area contributed by atoms with Crippen LogP contribution in [0.25, 0.3) is 0 Å². The second-order valence-electron chi connectivity index (χ2n) is 5.65. The normalized spacial score (nSPS) is 15.1. The minimum absolute atomic E-state index is 0.237. The lowest BCUT2D eigenvalue weighted by molar-refractivity contribution is -0.304. The first-order chi connectivity index (χ1) is 11.3. The lowest BCUT2D eigenvalue weighted by Gasteiger charge is -2.23. The van der Waals surface area contributed by atoms with Crippen molar-refractivity contribution >= 4 is 5.97 Å². The van der Waals surface area contributed by atoms with Gasteiger partial charge in [-0.2, -0.15) is 22.0 Å². The summed E-state index contributed by atoms with van der Waals surface area (Å²) in [6.45, 7) is 2.04. The van der Waals surface area contributed by atoms with Crippen LogP contribution in [0.15, 0.2) is 24.3 Å². The number of halogens is 6. The molecule has 10 heteroatoms. The molecule has 1 aromatic rings. The molecule has 25 heavy (non-hydrogen) atoms. The van der Waals surface area contributed by atoms with Crippen LogP contribution in [0.4, 0.5) is 26.3 Å². The van der Waals surface area contributed by atoms with Gasteiger partial charge >= 0.3 is 18.3 Å². The third-order valence-corrected chi connectivity index (χ3v) is 3.22. The zero-order chi connectivity index (χ0) is 19.4. The molecule has 0 saturated heterocycles. The molecule has 0 aliphatic carbocycles. The maximum absolute atomic E-state index is 13.1. The fourth-order valence-electron chi connectivity index (χ4n) is 1.98. The number of hydrogen-bond donors (Lipinski definition) is 1. The minimum Gasteiger partial charge on any atom is -0.481 e. The van der Waals surface area contributed by atoms with E-state index in [4.69, 9.17) is 5.11 Å². The first-order valence-electron chi connectivity index (χ1n) is 7.11. The minimum atomic E-state index is -5.74. The van der Waals surface area contributed by atoms with Gasteiger partial charge in [0.25, 0.3) is 6.17 Å². The lowest BCUT2D eigenvalue weighted by Crippen LogP contribution is -2.45. The van der Waals surface area contributed by atoms with Gasteiger partial charge in [0.2, 0.25) is 0 Å². The van der Waals surface area contributed by atoms with Gasteiger partial charge in [0.15, 0.2) is 0 Å². The van der Waals surface area contributed by atoms with Gasteiger partial charge in [-0.1, -0.05) is 19.1 Å². The van der Waals surface area contributed by atoms with E-state index in [2.05, 4.69) is 4.74 Å². The van der Waals surface area contributed by atoms with Crippen molar-refractivity contribution in [2.45, 2.75) is 31.9 Å². The van der Waals surface area contributed by atoms with Gasteiger partial charge in [0, 0.05) is 13.1 Å². The van der Waals surface area contributed by atoms with E-state index < -0.39 is 36.1 Å². The fourth-order valence-corrected chi connectivity index (χ4v) is 1.98. The van der Waals surface area contributed by atoms with Crippen LogP contribution in [0.5, 0.6) is 5.75 Å². The Morgan fingerprint density at radius 2 is 1.72 bits per heavy atom. The van der Waals surface area contributed by atoms with Crippen molar-refractivity contribution in [3.05, 3.63) is 29.8 Å². The Morgan fingerprint density at radius 1 is 1.20 bits per heavy atom. The summed E-state index contributed by atoms with van der Waals surface area (Å²) in [6.07, 6.45) is -15.2. The highest BCUT2D eigenvalue weighted by Crippen LogP contribution is 2.36. The summed E-state index contributed by atoms with van der Waals surface area (Å²) in [7, 11) is 1.65. The van der Waals surface area contributed by atoms with Crippen LogP contribution in [0.2, 0.25) is 0 Å². The monoisotopic (exact) mass is 373 g/mol. The number of carboxylic acids is 1. The Balaban J connectivity index is 2.69. The molecule has 4 nitrogen and oxygen atoms in total. The van der Waals surface area contributed by atoms with E-state index in [0.29, 0.717) is 5.56 Å². The molecule has 0 aliphatic heterocycles. The summed E-state index contributed by atoms with van der Waals surface area (Å²) in [4.78, 5) is 12.4. The van der Waals surface area contributed by atoms with Crippen molar-refractivity contribution in [1.29, 1.82) is 0 Å². The van der Waals surface area contributed by atoms with E-state index in [1.165, 1.54) is 19.1 Å². The van der Waals surface area contributed by atoms with Crippen LogP contribution in [-0.2, 0) is 11.3 Å². The van der Waals surface area contributed by atoms with Gasteiger partial charge < -0.3 is 14.7 Å². The molecule has 0 saturated carbocycles. The van der Waals surface area contributed by atoms with Gasteiger partial charge in [-0.3, -0.25) is 4.79 Å². The number of ether oxygens (including phenoxy) is 1. The third kappa shape index (κ3) is 6.45. The Labute approximate surface area is 140 Å². The number of alkyl halides is 6. The summed E-state index contributed by atoms with van der Waals surface area (Å²) in [6, 6.07) is 4.60. The standard InChI is InChI=1S/C15H17F6NO3/c1-9(12(23)24)7-22(2)8-10-3-5-11(6-4-10)25-15(20,21)13(16)14(17,18)19/h3-6,9,13H,7-8H2,1-2H3,(H,23,24). The quantitative estimate of drug-likeness (QED) is 0.706. The molecular weight excluding hydrogens is 356 g/mol. The molecule has 0 radical (unpaired) electrons. The predicted octanol–water partition coefficient (Wildman–Crippen LogP) is 3.71. The highest BCUT2D eigenvalue weighted by molar-refractivity contribution is 5.69. The summed E-state index contributed by atoms with van der Waals surface area (Å²) < 4.78 is 79.0. The molecule has 2 atom stereocenters. The number of aliphatic carboxylic acids is 1. The SMILES string of the molecule is CC(CN(C)Cc1ccc(OC(F)(F)C(F)C(F)(F)F)cc1)C(=O)O. The zero-order valence-electron chi connectivity index (χ0n) is 13.4. The maximum atomic E-state index is 13.1. The molecule has 0 amide bonds. The zero-order valence-corrected chi connectivity index (χ0v) is 13.4. The van der Waals surface area contributed by atoms with Crippen LogP contribution < -0.4 is 4.74 Å². The van der Waals surface area contributed by atoms with E-state index >= 15 is 0 Å². The number of carbonyl (C=O) groups is 1. The van der Waals surface area contributed by atoms with Crippen molar-refractivity contribution in [3.63, 3.8) is 0 Å². The van der Waals surface area contributed by atoms with E-state index in [1.54, 1.807) is 11.9 Å². The van der Waals surface area contributed by atoms with Crippen molar-refractivity contribution < 1.29 is 41.0 Å². The van der Waals surface area contributed by atoms with E-state index in [9.17, 15) is 31.1 Å². The van der Waals surface area contributed by atoms with Gasteiger partial charge in [0.1, 0.15) is 5.75 Å². The highest BCUT2D eigenvalue weighted by atomic mass is 19.4. The molecule has 0 bridgehead atoms. The second kappa shape index (κ2) is 7.94. The molecule has 2 unspecified atom stereocenters. The van der Waals surface area contributed by atoms with Crippen molar-refractivity contribution in [2.24, 2.45) is 5.92 Å². The maximum Gasteiger partial charge on any atom is 0.439 e. The molecule has 0 aliphatic rings. The number of rotatable bonds is 8. The Morgan fingerprint density at radius 3 is 2.16 bits per heavy atom. The molecule has 0 spiro atoms. The number of carboxylic acid groups (broad SMARTS) is 1. The molecule has 0 heterocycles. The predicted molar refractivity (Wildman–Crippen MR) is 76.1 cm³/mol. The highest BCUT2D eigenvalue weighted by Gasteiger charge is 2.59. The van der Waals surface area contributed by atoms with E-state index in [-0.39, 0.29) is 13.1 Å². The lowest BCUT2D eigenvalue weighted by atomic mass is 10.1.